The molecule has 0 fully saturated rings. The lowest BCUT2D eigenvalue weighted by molar-refractivity contribution is 0.0697. The Labute approximate surface area is 120 Å². The zero-order chi connectivity index (χ0) is 14.1. The normalized spacial score (nSPS) is 10.7. The Morgan fingerprint density at radius 1 is 1.05 bits per heavy atom. The van der Waals surface area contributed by atoms with Gasteiger partial charge >= 0.3 is 5.97 Å². The van der Waals surface area contributed by atoms with E-state index in [1.165, 1.54) is 12.3 Å². The van der Waals surface area contributed by atoms with E-state index in [-0.39, 0.29) is 10.7 Å². The van der Waals surface area contributed by atoms with Gasteiger partial charge < -0.3 is 5.11 Å². The minimum absolute atomic E-state index is 0.154. The summed E-state index contributed by atoms with van der Waals surface area (Å²) in [6.07, 6.45) is 1.51. The van der Waals surface area contributed by atoms with Gasteiger partial charge in [0, 0.05) is 11.8 Å². The van der Waals surface area contributed by atoms with Crippen molar-refractivity contribution in [2.24, 2.45) is 0 Å². The summed E-state index contributed by atoms with van der Waals surface area (Å²) in [6, 6.07) is 15.0. The van der Waals surface area contributed by atoms with Gasteiger partial charge in [-0.05, 0) is 22.4 Å². The highest BCUT2D eigenvalue weighted by atomic mass is 35.5. The van der Waals surface area contributed by atoms with Gasteiger partial charge in [0.25, 0.3) is 0 Å². The highest BCUT2D eigenvalue weighted by Gasteiger charge is 2.14. The van der Waals surface area contributed by atoms with Crippen molar-refractivity contribution < 1.29 is 9.90 Å². The Hall–Kier alpha value is -2.39. The van der Waals surface area contributed by atoms with E-state index in [9.17, 15) is 9.90 Å². The first-order chi connectivity index (χ1) is 9.66. The summed E-state index contributed by atoms with van der Waals surface area (Å²) in [5.74, 6) is -1.02. The summed E-state index contributed by atoms with van der Waals surface area (Å²) < 4.78 is 0. The Balaban J connectivity index is 2.34. The Morgan fingerprint density at radius 3 is 2.60 bits per heavy atom. The fourth-order valence-electron chi connectivity index (χ4n) is 2.28. The summed E-state index contributed by atoms with van der Waals surface area (Å²) >= 11 is 5.79. The number of halogens is 1. The molecule has 4 heteroatoms. The van der Waals surface area contributed by atoms with Crippen LogP contribution in [0.2, 0.25) is 5.15 Å². The number of aromatic carboxylic acids is 1. The van der Waals surface area contributed by atoms with Gasteiger partial charge in [0.1, 0.15) is 5.15 Å². The average Bonchev–Trinajstić information content (AvgIpc) is 2.46. The molecule has 1 aromatic heterocycles. The van der Waals surface area contributed by atoms with Crippen molar-refractivity contribution in [2.45, 2.75) is 0 Å². The molecule has 0 spiro atoms. The van der Waals surface area contributed by atoms with Crippen LogP contribution in [0.1, 0.15) is 10.4 Å². The van der Waals surface area contributed by atoms with Crippen LogP contribution in [0.15, 0.2) is 54.7 Å². The number of hydrogen-bond donors (Lipinski definition) is 1. The third kappa shape index (κ3) is 2.12. The summed E-state index contributed by atoms with van der Waals surface area (Å²) in [7, 11) is 0. The van der Waals surface area contributed by atoms with E-state index in [1.54, 1.807) is 0 Å². The van der Waals surface area contributed by atoms with Crippen LogP contribution in [0.5, 0.6) is 0 Å². The molecule has 2 aromatic carbocycles. The van der Waals surface area contributed by atoms with E-state index in [4.69, 9.17) is 11.6 Å². The quantitative estimate of drug-likeness (QED) is 0.715. The highest BCUT2D eigenvalue weighted by Crippen LogP contribution is 2.31. The minimum atomic E-state index is -1.02. The molecule has 0 saturated carbocycles. The molecule has 0 aliphatic rings. The van der Waals surface area contributed by atoms with Crippen LogP contribution < -0.4 is 0 Å². The molecule has 1 N–H and O–H groups in total. The zero-order valence-electron chi connectivity index (χ0n) is 10.4. The Morgan fingerprint density at radius 2 is 1.80 bits per heavy atom. The molecule has 3 aromatic rings. The van der Waals surface area contributed by atoms with E-state index in [0.29, 0.717) is 5.56 Å². The summed E-state index contributed by atoms with van der Waals surface area (Å²) in [6.45, 7) is 0. The van der Waals surface area contributed by atoms with Gasteiger partial charge in [-0.1, -0.05) is 54.1 Å². The van der Waals surface area contributed by atoms with Crippen LogP contribution >= 0.6 is 11.6 Å². The minimum Gasteiger partial charge on any atom is -0.478 e. The number of hydrogen-bond acceptors (Lipinski definition) is 2. The molecular formula is C16H10ClNO2. The smallest absolute Gasteiger partial charge is 0.336 e. The SMILES string of the molecule is O=C(O)c1cc(Cl)ncc1-c1cccc2ccccc12. The van der Waals surface area contributed by atoms with Crippen LogP contribution in [-0.2, 0) is 0 Å². The second kappa shape index (κ2) is 4.94. The monoisotopic (exact) mass is 283 g/mol. The van der Waals surface area contributed by atoms with Gasteiger partial charge in [-0.25, -0.2) is 9.78 Å². The van der Waals surface area contributed by atoms with Crippen molar-refractivity contribution in [3.8, 4) is 11.1 Å². The van der Waals surface area contributed by atoms with Crippen LogP contribution in [0.3, 0.4) is 0 Å². The predicted molar refractivity (Wildman–Crippen MR) is 79.1 cm³/mol. The molecule has 98 valence electrons. The number of rotatable bonds is 2. The number of aromatic nitrogens is 1. The lowest BCUT2D eigenvalue weighted by atomic mass is 9.96. The van der Waals surface area contributed by atoms with Crippen LogP contribution in [0.4, 0.5) is 0 Å². The van der Waals surface area contributed by atoms with E-state index < -0.39 is 5.97 Å². The summed E-state index contributed by atoms with van der Waals surface area (Å²) in [5.41, 5.74) is 1.56. The third-order valence-electron chi connectivity index (χ3n) is 3.18. The van der Waals surface area contributed by atoms with Crippen molar-refractivity contribution in [3.05, 3.63) is 65.4 Å². The molecule has 20 heavy (non-hydrogen) atoms. The maximum Gasteiger partial charge on any atom is 0.336 e. The lowest BCUT2D eigenvalue weighted by Gasteiger charge is -2.09. The summed E-state index contributed by atoms with van der Waals surface area (Å²) in [5, 5.41) is 11.5. The molecule has 0 aliphatic heterocycles. The molecule has 0 saturated heterocycles. The number of nitrogens with zero attached hydrogens (tertiary/aromatic N) is 1. The second-order valence-electron chi connectivity index (χ2n) is 4.38. The van der Waals surface area contributed by atoms with Crippen LogP contribution in [0, 0.1) is 0 Å². The molecule has 0 atom stereocenters. The van der Waals surface area contributed by atoms with E-state index in [0.717, 1.165) is 16.3 Å². The topological polar surface area (TPSA) is 50.2 Å². The lowest BCUT2D eigenvalue weighted by Crippen LogP contribution is -2.01. The molecule has 3 rings (SSSR count). The van der Waals surface area contributed by atoms with Crippen molar-refractivity contribution in [3.63, 3.8) is 0 Å². The molecule has 0 unspecified atom stereocenters. The fourth-order valence-corrected chi connectivity index (χ4v) is 2.44. The standard InChI is InChI=1S/C16H10ClNO2/c17-15-8-13(16(19)20)14(9-18-15)12-7-3-5-10-4-1-2-6-11(10)12/h1-9H,(H,19,20). The van der Waals surface area contributed by atoms with Gasteiger partial charge in [-0.15, -0.1) is 0 Å². The number of carboxylic acid groups (broad SMARTS) is 1. The number of fused-ring (bicyclic) bond motifs is 1. The number of pyridine rings is 1. The maximum atomic E-state index is 11.4. The van der Waals surface area contributed by atoms with Gasteiger partial charge in [-0.2, -0.15) is 0 Å². The maximum absolute atomic E-state index is 11.4. The molecule has 0 bridgehead atoms. The van der Waals surface area contributed by atoms with Gasteiger partial charge in [-0.3, -0.25) is 0 Å². The largest absolute Gasteiger partial charge is 0.478 e. The number of benzene rings is 2. The number of carboxylic acids is 1. The Bertz CT molecular complexity index is 809. The van der Waals surface area contributed by atoms with Gasteiger partial charge in [0.2, 0.25) is 0 Å². The molecule has 0 radical (unpaired) electrons. The molecule has 0 amide bonds. The van der Waals surface area contributed by atoms with Crippen molar-refractivity contribution in [1.82, 2.24) is 4.98 Å². The number of carbonyl (C=O) groups is 1. The Kier molecular flexibility index (Phi) is 3.12. The third-order valence-corrected chi connectivity index (χ3v) is 3.39. The van der Waals surface area contributed by atoms with E-state index in [1.807, 2.05) is 42.5 Å². The average molecular weight is 284 g/mol. The zero-order valence-corrected chi connectivity index (χ0v) is 11.1. The molecule has 1 heterocycles. The van der Waals surface area contributed by atoms with Crippen LogP contribution in [0.25, 0.3) is 21.9 Å². The van der Waals surface area contributed by atoms with Crippen molar-refractivity contribution in [1.29, 1.82) is 0 Å². The molecule has 3 nitrogen and oxygen atoms in total. The van der Waals surface area contributed by atoms with E-state index >= 15 is 0 Å². The fraction of sp³-hybridized carbons (Fsp3) is 0. The van der Waals surface area contributed by atoms with Crippen molar-refractivity contribution in [2.75, 3.05) is 0 Å². The first-order valence-electron chi connectivity index (χ1n) is 6.04. The van der Waals surface area contributed by atoms with Crippen molar-refractivity contribution >= 4 is 28.3 Å². The van der Waals surface area contributed by atoms with Gasteiger partial charge in [0.15, 0.2) is 0 Å². The first-order valence-corrected chi connectivity index (χ1v) is 6.41. The molecule has 0 aliphatic carbocycles. The first kappa shape index (κ1) is 12.6. The summed E-state index contributed by atoms with van der Waals surface area (Å²) in [4.78, 5) is 15.4. The van der Waals surface area contributed by atoms with Gasteiger partial charge in [0.05, 0.1) is 5.56 Å². The highest BCUT2D eigenvalue weighted by molar-refractivity contribution is 6.29. The molecular weight excluding hydrogens is 274 g/mol. The predicted octanol–water partition coefficient (Wildman–Crippen LogP) is 4.25. The second-order valence-corrected chi connectivity index (χ2v) is 4.77. The van der Waals surface area contributed by atoms with Crippen LogP contribution in [-0.4, -0.2) is 16.1 Å². The van der Waals surface area contributed by atoms with E-state index in [2.05, 4.69) is 4.98 Å².